The molecule has 3 aromatic rings. The molecule has 2 amide bonds. The van der Waals surface area contributed by atoms with Gasteiger partial charge in [0.25, 0.3) is 10.0 Å². The highest BCUT2D eigenvalue weighted by Crippen LogP contribution is 2.25. The van der Waals surface area contributed by atoms with E-state index in [1.54, 1.807) is 42.5 Å². The van der Waals surface area contributed by atoms with Gasteiger partial charge in [-0.15, -0.1) is 0 Å². The van der Waals surface area contributed by atoms with Crippen molar-refractivity contribution in [2.45, 2.75) is 37.6 Å². The third-order valence-corrected chi connectivity index (χ3v) is 7.98. The van der Waals surface area contributed by atoms with E-state index in [9.17, 15) is 18.0 Å². The minimum atomic E-state index is -4.11. The summed E-state index contributed by atoms with van der Waals surface area (Å²) in [5, 5.41) is 2.81. The summed E-state index contributed by atoms with van der Waals surface area (Å²) in [6.45, 7) is 3.90. The highest BCUT2D eigenvalue weighted by Gasteiger charge is 2.33. The van der Waals surface area contributed by atoms with E-state index in [0.29, 0.717) is 30.8 Å². The van der Waals surface area contributed by atoms with Crippen molar-refractivity contribution in [1.82, 2.24) is 10.2 Å². The summed E-state index contributed by atoms with van der Waals surface area (Å²) < 4.78 is 33.8. The smallest absolute Gasteiger partial charge is 0.264 e. The van der Waals surface area contributed by atoms with E-state index in [2.05, 4.69) is 5.32 Å². The molecule has 38 heavy (non-hydrogen) atoms. The van der Waals surface area contributed by atoms with E-state index in [-0.39, 0.29) is 17.3 Å². The Morgan fingerprint density at radius 2 is 1.50 bits per heavy atom. The Kier molecular flexibility index (Phi) is 10.3. The van der Waals surface area contributed by atoms with Gasteiger partial charge in [0.1, 0.15) is 18.3 Å². The van der Waals surface area contributed by atoms with Gasteiger partial charge in [0.2, 0.25) is 11.8 Å². The van der Waals surface area contributed by atoms with Gasteiger partial charge in [0, 0.05) is 13.1 Å². The van der Waals surface area contributed by atoms with Gasteiger partial charge in [-0.05, 0) is 61.7 Å². The van der Waals surface area contributed by atoms with Gasteiger partial charge in [-0.2, -0.15) is 0 Å². The summed E-state index contributed by atoms with van der Waals surface area (Å²) in [4.78, 5) is 28.3. The van der Waals surface area contributed by atoms with E-state index in [1.165, 1.54) is 24.1 Å². The number of anilines is 1. The second-order valence-electron chi connectivity index (χ2n) is 8.66. The normalized spacial score (nSPS) is 11.9. The van der Waals surface area contributed by atoms with Crippen LogP contribution in [-0.4, -0.2) is 57.9 Å². The monoisotopic (exact) mass is 537 g/mol. The molecule has 0 aliphatic rings. The lowest BCUT2D eigenvalue weighted by Gasteiger charge is -2.33. The Labute approximate surface area is 225 Å². The molecule has 202 valence electrons. The van der Waals surface area contributed by atoms with Crippen LogP contribution in [0, 0.1) is 0 Å². The number of benzene rings is 3. The maximum absolute atomic E-state index is 13.9. The number of carbonyl (C=O) groups excluding carboxylic acids is 2. The first-order valence-electron chi connectivity index (χ1n) is 12.6. The molecule has 0 aromatic heterocycles. The van der Waals surface area contributed by atoms with Gasteiger partial charge in [-0.1, -0.05) is 55.5 Å². The first-order chi connectivity index (χ1) is 18.3. The molecule has 0 saturated carbocycles. The fourth-order valence-electron chi connectivity index (χ4n) is 4.19. The van der Waals surface area contributed by atoms with Crippen molar-refractivity contribution in [1.29, 1.82) is 0 Å². The quantitative estimate of drug-likeness (QED) is 0.357. The number of para-hydroxylation sites is 1. The minimum absolute atomic E-state index is 0.0292. The zero-order chi connectivity index (χ0) is 27.5. The fraction of sp³-hybridized carbons (Fsp3) is 0.310. The van der Waals surface area contributed by atoms with E-state index in [1.807, 2.05) is 44.2 Å². The summed E-state index contributed by atoms with van der Waals surface area (Å²) >= 11 is 0. The van der Waals surface area contributed by atoms with Gasteiger partial charge in [0.15, 0.2) is 0 Å². The van der Waals surface area contributed by atoms with Gasteiger partial charge in [-0.25, -0.2) is 8.42 Å². The molecule has 1 atom stereocenters. The molecule has 3 aromatic carbocycles. The van der Waals surface area contributed by atoms with Crippen LogP contribution in [0.3, 0.4) is 0 Å². The molecule has 0 fully saturated rings. The fourth-order valence-corrected chi connectivity index (χ4v) is 5.60. The predicted octanol–water partition coefficient (Wildman–Crippen LogP) is 3.88. The Morgan fingerprint density at radius 1 is 0.895 bits per heavy atom. The van der Waals surface area contributed by atoms with Crippen LogP contribution in [0.4, 0.5) is 5.69 Å². The molecule has 9 heteroatoms. The topological polar surface area (TPSA) is 96.0 Å². The second-order valence-corrected chi connectivity index (χ2v) is 10.5. The van der Waals surface area contributed by atoms with Crippen molar-refractivity contribution in [2.24, 2.45) is 0 Å². The van der Waals surface area contributed by atoms with Crippen molar-refractivity contribution in [2.75, 3.05) is 31.0 Å². The van der Waals surface area contributed by atoms with Crippen LogP contribution in [0.1, 0.15) is 25.8 Å². The van der Waals surface area contributed by atoms with Crippen LogP contribution in [-0.2, 0) is 26.0 Å². The van der Waals surface area contributed by atoms with Gasteiger partial charge >= 0.3 is 0 Å². The molecule has 8 nitrogen and oxygen atoms in total. The molecule has 3 rings (SSSR count). The van der Waals surface area contributed by atoms with Gasteiger partial charge in [0.05, 0.1) is 17.7 Å². The molecular weight excluding hydrogens is 502 g/mol. The molecule has 1 N–H and O–H groups in total. The van der Waals surface area contributed by atoms with Crippen molar-refractivity contribution in [3.63, 3.8) is 0 Å². The first-order valence-corrected chi connectivity index (χ1v) is 14.1. The molecule has 0 bridgehead atoms. The lowest BCUT2D eigenvalue weighted by molar-refractivity contribution is -0.139. The Bertz CT molecular complexity index is 1280. The van der Waals surface area contributed by atoms with Crippen LogP contribution in [0.15, 0.2) is 89.8 Å². The molecule has 0 radical (unpaired) electrons. The van der Waals surface area contributed by atoms with Gasteiger partial charge < -0.3 is 15.0 Å². The van der Waals surface area contributed by atoms with E-state index in [0.717, 1.165) is 9.87 Å². The van der Waals surface area contributed by atoms with E-state index >= 15 is 0 Å². The van der Waals surface area contributed by atoms with Crippen molar-refractivity contribution < 1.29 is 22.7 Å². The third-order valence-electron chi connectivity index (χ3n) is 6.19. The molecule has 0 aliphatic heterocycles. The predicted molar refractivity (Wildman–Crippen MR) is 149 cm³/mol. The zero-order valence-corrected chi connectivity index (χ0v) is 22.9. The Morgan fingerprint density at radius 3 is 2.05 bits per heavy atom. The lowest BCUT2D eigenvalue weighted by Crippen LogP contribution is -2.53. The van der Waals surface area contributed by atoms with Crippen LogP contribution in [0.25, 0.3) is 0 Å². The number of sulfonamides is 1. The summed E-state index contributed by atoms with van der Waals surface area (Å²) in [6, 6.07) is 23.5. The number of methoxy groups -OCH3 is 1. The Balaban J connectivity index is 1.97. The van der Waals surface area contributed by atoms with Crippen LogP contribution < -0.4 is 14.4 Å². The SMILES string of the molecule is CCNC(=O)C(CC)N(CCc1ccccc1)C(=O)CN(c1ccccc1)S(=O)(=O)c1ccc(OC)cc1. The number of nitrogens with zero attached hydrogens (tertiary/aromatic N) is 2. The number of likely N-dealkylation sites (N-methyl/N-ethyl adjacent to an activating group) is 1. The Hall–Kier alpha value is -3.85. The summed E-state index contributed by atoms with van der Waals surface area (Å²) in [6.07, 6.45) is 0.919. The number of carbonyl (C=O) groups is 2. The maximum atomic E-state index is 13.9. The summed E-state index contributed by atoms with van der Waals surface area (Å²) in [5.74, 6) is -0.202. The summed E-state index contributed by atoms with van der Waals surface area (Å²) in [7, 11) is -2.61. The van der Waals surface area contributed by atoms with Crippen molar-refractivity contribution >= 4 is 27.5 Å². The average Bonchev–Trinajstić information content (AvgIpc) is 2.94. The lowest BCUT2D eigenvalue weighted by atomic mass is 10.1. The molecule has 0 heterocycles. The van der Waals surface area contributed by atoms with E-state index in [4.69, 9.17) is 4.74 Å². The third kappa shape index (κ3) is 7.13. The standard InChI is InChI=1S/C29H35N3O5S/c1-4-27(29(34)30-5-2)31(21-20-23-12-8-6-9-13-23)28(33)22-32(24-14-10-7-11-15-24)38(35,36)26-18-16-25(37-3)17-19-26/h6-19,27H,4-5,20-22H2,1-3H3,(H,30,34). The highest BCUT2D eigenvalue weighted by atomic mass is 32.2. The van der Waals surface area contributed by atoms with Crippen LogP contribution in [0.5, 0.6) is 5.75 Å². The number of hydrogen-bond donors (Lipinski definition) is 1. The first kappa shape index (κ1) is 28.7. The summed E-state index contributed by atoms with van der Waals surface area (Å²) in [5.41, 5.74) is 1.37. The van der Waals surface area contributed by atoms with Crippen LogP contribution >= 0.6 is 0 Å². The average molecular weight is 538 g/mol. The van der Waals surface area contributed by atoms with Crippen LogP contribution in [0.2, 0.25) is 0 Å². The van der Waals surface area contributed by atoms with E-state index < -0.39 is 28.5 Å². The second kappa shape index (κ2) is 13.6. The number of rotatable bonds is 13. The molecule has 0 saturated heterocycles. The largest absolute Gasteiger partial charge is 0.497 e. The molecular formula is C29H35N3O5S. The van der Waals surface area contributed by atoms with Crippen molar-refractivity contribution in [3.05, 3.63) is 90.5 Å². The number of amides is 2. The molecule has 0 aliphatic carbocycles. The maximum Gasteiger partial charge on any atom is 0.264 e. The van der Waals surface area contributed by atoms with Gasteiger partial charge in [-0.3, -0.25) is 13.9 Å². The number of nitrogens with one attached hydrogen (secondary N) is 1. The molecule has 1 unspecified atom stereocenters. The number of hydrogen-bond acceptors (Lipinski definition) is 5. The number of ether oxygens (including phenoxy) is 1. The van der Waals surface area contributed by atoms with Crippen molar-refractivity contribution in [3.8, 4) is 5.75 Å². The zero-order valence-electron chi connectivity index (χ0n) is 22.0. The highest BCUT2D eigenvalue weighted by molar-refractivity contribution is 7.92. The molecule has 0 spiro atoms. The minimum Gasteiger partial charge on any atom is -0.497 e.